The van der Waals surface area contributed by atoms with E-state index in [4.69, 9.17) is 45.5 Å². The van der Waals surface area contributed by atoms with Crippen molar-refractivity contribution in [2.75, 3.05) is 5.32 Å². The standard InChI is InChI=1S/C24H17Cl3N4/c25-15-1-7-18(8-2-15)29-22-14-24(31-20-11-5-17(27)6-12-20)23(13-21(22)28)30-19-9-3-16(26)4-10-19/h1-14,31H,28H2. The Morgan fingerprint density at radius 2 is 1.03 bits per heavy atom. The summed E-state index contributed by atoms with van der Waals surface area (Å²) in [4.78, 5) is 9.38. The van der Waals surface area contributed by atoms with Gasteiger partial charge in [-0.15, -0.1) is 0 Å². The van der Waals surface area contributed by atoms with Crippen molar-refractivity contribution in [1.82, 2.24) is 0 Å². The molecule has 31 heavy (non-hydrogen) atoms. The van der Waals surface area contributed by atoms with Crippen molar-refractivity contribution in [3.8, 4) is 0 Å². The van der Waals surface area contributed by atoms with Gasteiger partial charge in [-0.05, 0) is 84.9 Å². The number of aliphatic imine (C=N–C) groups is 2. The highest BCUT2D eigenvalue weighted by molar-refractivity contribution is 6.31. The lowest BCUT2D eigenvalue weighted by Gasteiger charge is -2.18. The smallest absolute Gasteiger partial charge is 0.0893 e. The minimum Gasteiger partial charge on any atom is -0.397 e. The highest BCUT2D eigenvalue weighted by Gasteiger charge is 2.16. The molecule has 3 aromatic carbocycles. The molecule has 0 saturated carbocycles. The first kappa shape index (κ1) is 21.2. The summed E-state index contributed by atoms with van der Waals surface area (Å²) < 4.78 is 0. The molecule has 0 spiro atoms. The molecule has 0 unspecified atom stereocenters. The molecule has 7 heteroatoms. The fraction of sp³-hybridized carbons (Fsp3) is 0. The van der Waals surface area contributed by atoms with Crippen molar-refractivity contribution in [2.45, 2.75) is 0 Å². The van der Waals surface area contributed by atoms with Gasteiger partial charge in [-0.1, -0.05) is 34.8 Å². The van der Waals surface area contributed by atoms with Crippen LogP contribution in [0.25, 0.3) is 0 Å². The highest BCUT2D eigenvalue weighted by Crippen LogP contribution is 2.24. The van der Waals surface area contributed by atoms with Gasteiger partial charge < -0.3 is 11.1 Å². The summed E-state index contributed by atoms with van der Waals surface area (Å²) in [6, 6.07) is 21.9. The zero-order chi connectivity index (χ0) is 21.8. The van der Waals surface area contributed by atoms with E-state index in [1.54, 1.807) is 30.3 Å². The molecule has 4 nitrogen and oxygen atoms in total. The molecule has 0 amide bonds. The van der Waals surface area contributed by atoms with Crippen LogP contribution in [0.5, 0.6) is 0 Å². The number of rotatable bonds is 4. The molecular formula is C24H17Cl3N4. The van der Waals surface area contributed by atoms with Gasteiger partial charge in [-0.3, -0.25) is 0 Å². The maximum absolute atomic E-state index is 6.31. The summed E-state index contributed by atoms with van der Waals surface area (Å²) in [6.07, 6.45) is 3.66. The zero-order valence-electron chi connectivity index (χ0n) is 16.2. The van der Waals surface area contributed by atoms with Gasteiger partial charge in [0, 0.05) is 20.8 Å². The monoisotopic (exact) mass is 466 g/mol. The van der Waals surface area contributed by atoms with Crippen molar-refractivity contribution in [3.63, 3.8) is 0 Å². The molecule has 0 radical (unpaired) electrons. The number of benzene rings is 3. The first-order valence-electron chi connectivity index (χ1n) is 9.37. The van der Waals surface area contributed by atoms with Gasteiger partial charge in [-0.2, -0.15) is 0 Å². The maximum Gasteiger partial charge on any atom is 0.0893 e. The first-order chi connectivity index (χ1) is 15.0. The predicted octanol–water partition coefficient (Wildman–Crippen LogP) is 7.34. The van der Waals surface area contributed by atoms with E-state index < -0.39 is 0 Å². The number of allylic oxidation sites excluding steroid dienone is 2. The molecule has 0 fully saturated rings. The second kappa shape index (κ2) is 9.40. The summed E-state index contributed by atoms with van der Waals surface area (Å²) in [6.45, 7) is 0. The van der Waals surface area contributed by atoms with E-state index in [2.05, 4.69) is 10.3 Å². The molecular weight excluding hydrogens is 451 g/mol. The van der Waals surface area contributed by atoms with Gasteiger partial charge in [0.1, 0.15) is 0 Å². The van der Waals surface area contributed by atoms with E-state index in [-0.39, 0.29) is 0 Å². The van der Waals surface area contributed by atoms with E-state index in [0.717, 1.165) is 22.8 Å². The molecule has 0 bridgehead atoms. The van der Waals surface area contributed by atoms with E-state index in [0.29, 0.717) is 32.2 Å². The van der Waals surface area contributed by atoms with Crippen LogP contribution in [0.1, 0.15) is 0 Å². The van der Waals surface area contributed by atoms with Crippen LogP contribution in [-0.2, 0) is 0 Å². The van der Waals surface area contributed by atoms with E-state index in [1.165, 1.54) is 0 Å². The molecule has 3 aromatic rings. The molecule has 0 atom stereocenters. The quantitative estimate of drug-likeness (QED) is 0.394. The first-order valence-corrected chi connectivity index (χ1v) is 10.5. The second-order valence-electron chi connectivity index (χ2n) is 6.74. The molecule has 1 aliphatic carbocycles. The Bertz CT molecular complexity index is 1210. The fourth-order valence-corrected chi connectivity index (χ4v) is 3.26. The summed E-state index contributed by atoms with van der Waals surface area (Å²) in [5, 5.41) is 5.33. The van der Waals surface area contributed by atoms with Crippen LogP contribution in [0.15, 0.2) is 106 Å². The number of hydrogen-bond acceptors (Lipinski definition) is 4. The molecule has 3 N–H and O–H groups in total. The third kappa shape index (κ3) is 5.56. The van der Waals surface area contributed by atoms with Crippen molar-refractivity contribution in [2.24, 2.45) is 15.7 Å². The van der Waals surface area contributed by atoms with Crippen molar-refractivity contribution in [1.29, 1.82) is 0 Å². The normalized spacial score (nSPS) is 16.2. The van der Waals surface area contributed by atoms with Gasteiger partial charge >= 0.3 is 0 Å². The largest absolute Gasteiger partial charge is 0.397 e. The lowest BCUT2D eigenvalue weighted by atomic mass is 10.0. The number of nitrogens with zero attached hydrogens (tertiary/aromatic N) is 2. The molecule has 0 aliphatic heterocycles. The van der Waals surface area contributed by atoms with Crippen LogP contribution in [0, 0.1) is 0 Å². The van der Waals surface area contributed by atoms with E-state index >= 15 is 0 Å². The number of hydrogen-bond donors (Lipinski definition) is 2. The Labute approximate surface area is 195 Å². The minimum atomic E-state index is 0.504. The Balaban J connectivity index is 1.74. The second-order valence-corrected chi connectivity index (χ2v) is 8.05. The molecule has 0 saturated heterocycles. The number of nitrogens with one attached hydrogen (secondary N) is 1. The lowest BCUT2D eigenvalue weighted by molar-refractivity contribution is 1.38. The Hall–Kier alpha value is -3.05. The predicted molar refractivity (Wildman–Crippen MR) is 133 cm³/mol. The van der Waals surface area contributed by atoms with Crippen LogP contribution in [0.2, 0.25) is 15.1 Å². The molecule has 0 aromatic heterocycles. The van der Waals surface area contributed by atoms with Gasteiger partial charge in [0.15, 0.2) is 0 Å². The Morgan fingerprint density at radius 3 is 1.55 bits per heavy atom. The van der Waals surface area contributed by atoms with Gasteiger partial charge in [0.05, 0.1) is 34.2 Å². The van der Waals surface area contributed by atoms with Crippen LogP contribution >= 0.6 is 34.8 Å². The molecule has 0 heterocycles. The average molecular weight is 468 g/mol. The van der Waals surface area contributed by atoms with Crippen molar-refractivity contribution < 1.29 is 0 Å². The van der Waals surface area contributed by atoms with E-state index in [1.807, 2.05) is 54.6 Å². The third-order valence-electron chi connectivity index (χ3n) is 4.42. The Kier molecular flexibility index (Phi) is 6.42. The van der Waals surface area contributed by atoms with Crippen molar-refractivity contribution in [3.05, 3.63) is 111 Å². The van der Waals surface area contributed by atoms with Crippen LogP contribution in [-0.4, -0.2) is 11.4 Å². The topological polar surface area (TPSA) is 62.8 Å². The SMILES string of the molecule is NC1=CC(=Nc2ccc(Cl)cc2)C(Nc2ccc(Cl)cc2)=CC1=Nc1ccc(Cl)cc1. The van der Waals surface area contributed by atoms with Crippen molar-refractivity contribution >= 4 is 63.3 Å². The minimum absolute atomic E-state index is 0.504. The van der Waals surface area contributed by atoms with Gasteiger partial charge in [0.2, 0.25) is 0 Å². The van der Waals surface area contributed by atoms with Crippen LogP contribution < -0.4 is 11.1 Å². The molecule has 154 valence electrons. The number of anilines is 1. The Morgan fingerprint density at radius 1 is 0.581 bits per heavy atom. The van der Waals surface area contributed by atoms with Gasteiger partial charge in [-0.25, -0.2) is 9.98 Å². The zero-order valence-corrected chi connectivity index (χ0v) is 18.5. The lowest BCUT2D eigenvalue weighted by Crippen LogP contribution is -2.22. The average Bonchev–Trinajstić information content (AvgIpc) is 2.76. The molecule has 4 rings (SSSR count). The number of nitrogens with two attached hydrogens (primary N) is 1. The maximum atomic E-state index is 6.31. The third-order valence-corrected chi connectivity index (χ3v) is 5.18. The summed E-state index contributed by atoms with van der Waals surface area (Å²) in [5.74, 6) is 0. The highest BCUT2D eigenvalue weighted by atomic mass is 35.5. The fourth-order valence-electron chi connectivity index (χ4n) is 2.88. The van der Waals surface area contributed by atoms with Crippen LogP contribution in [0.3, 0.4) is 0 Å². The van der Waals surface area contributed by atoms with E-state index in [9.17, 15) is 0 Å². The summed E-state index contributed by atoms with van der Waals surface area (Å²) >= 11 is 18.0. The van der Waals surface area contributed by atoms with Gasteiger partial charge in [0.25, 0.3) is 0 Å². The molecule has 1 aliphatic rings. The van der Waals surface area contributed by atoms with Crippen LogP contribution in [0.4, 0.5) is 17.1 Å². The summed E-state index contributed by atoms with van der Waals surface area (Å²) in [5.41, 5.74) is 11.2. The number of halogens is 3. The summed E-state index contributed by atoms with van der Waals surface area (Å²) in [7, 11) is 0.